The lowest BCUT2D eigenvalue weighted by Gasteiger charge is -2.36. The Balaban J connectivity index is 1.50. The summed E-state index contributed by atoms with van der Waals surface area (Å²) in [6.07, 6.45) is 4.28. The van der Waals surface area contributed by atoms with Crippen molar-refractivity contribution in [2.24, 2.45) is 17.3 Å². The average Bonchev–Trinajstić information content (AvgIpc) is 2.71. The van der Waals surface area contributed by atoms with E-state index < -0.39 is 0 Å². The van der Waals surface area contributed by atoms with Gasteiger partial charge in [-0.15, -0.1) is 0 Å². The van der Waals surface area contributed by atoms with Crippen LogP contribution in [0, 0.1) is 17.3 Å². The number of hydrogen-bond donors (Lipinski definition) is 0. The molecule has 0 unspecified atom stereocenters. The summed E-state index contributed by atoms with van der Waals surface area (Å²) < 4.78 is 5.99. The van der Waals surface area contributed by atoms with E-state index in [0.717, 1.165) is 63.2 Å². The average molecular weight is 401 g/mol. The van der Waals surface area contributed by atoms with Crippen molar-refractivity contribution >= 4 is 11.8 Å². The number of carbonyl (C=O) groups excluding carboxylic acids is 2. The van der Waals surface area contributed by atoms with Crippen LogP contribution in [0.25, 0.3) is 0 Å². The summed E-state index contributed by atoms with van der Waals surface area (Å²) in [6.45, 7) is 12.1. The second-order valence-corrected chi connectivity index (χ2v) is 9.82. The Morgan fingerprint density at radius 2 is 1.66 bits per heavy atom. The number of rotatable bonds is 4. The van der Waals surface area contributed by atoms with E-state index >= 15 is 0 Å². The molecule has 2 saturated heterocycles. The van der Waals surface area contributed by atoms with Crippen LogP contribution >= 0.6 is 0 Å². The second kappa shape index (κ2) is 9.19. The van der Waals surface area contributed by atoms with Crippen molar-refractivity contribution in [3.63, 3.8) is 0 Å². The fourth-order valence-corrected chi connectivity index (χ4v) is 4.16. The maximum absolute atomic E-state index is 12.7. The lowest BCUT2D eigenvalue weighted by molar-refractivity contribution is -0.141. The lowest BCUT2D eigenvalue weighted by Crippen LogP contribution is -2.46. The number of amides is 2. The molecule has 2 fully saturated rings. The molecule has 0 spiro atoms. The molecule has 2 heterocycles. The maximum atomic E-state index is 12.7. The fourth-order valence-electron chi connectivity index (χ4n) is 4.16. The second-order valence-electron chi connectivity index (χ2n) is 9.82. The summed E-state index contributed by atoms with van der Waals surface area (Å²) in [5.41, 5.74) is 0.392. The third-order valence-corrected chi connectivity index (χ3v) is 6.11. The molecule has 5 heteroatoms. The maximum Gasteiger partial charge on any atom is 0.253 e. The molecule has 5 nitrogen and oxygen atoms in total. The van der Waals surface area contributed by atoms with Crippen LogP contribution in [0.3, 0.4) is 0 Å². The van der Waals surface area contributed by atoms with Gasteiger partial charge < -0.3 is 14.5 Å². The number of hydrogen-bond acceptors (Lipinski definition) is 3. The molecule has 1 aromatic carbocycles. The zero-order chi connectivity index (χ0) is 21.0. The topological polar surface area (TPSA) is 49.9 Å². The van der Waals surface area contributed by atoms with E-state index in [1.54, 1.807) is 0 Å². The summed E-state index contributed by atoms with van der Waals surface area (Å²) >= 11 is 0. The molecule has 3 rings (SSSR count). The Morgan fingerprint density at radius 3 is 2.28 bits per heavy atom. The van der Waals surface area contributed by atoms with Crippen LogP contribution in [0.1, 0.15) is 63.7 Å². The van der Waals surface area contributed by atoms with E-state index in [4.69, 9.17) is 4.74 Å². The van der Waals surface area contributed by atoms with Crippen molar-refractivity contribution in [2.45, 2.75) is 53.4 Å². The first-order valence-electron chi connectivity index (χ1n) is 11.1. The van der Waals surface area contributed by atoms with E-state index in [-0.39, 0.29) is 17.2 Å². The van der Waals surface area contributed by atoms with E-state index in [9.17, 15) is 9.59 Å². The molecular formula is C24H36N2O3. The van der Waals surface area contributed by atoms with Crippen molar-refractivity contribution in [2.75, 3.05) is 32.8 Å². The molecule has 2 aliphatic heterocycles. The minimum atomic E-state index is -0.336. The molecule has 2 amide bonds. The predicted octanol–water partition coefficient (Wildman–Crippen LogP) is 4.22. The quantitative estimate of drug-likeness (QED) is 0.760. The van der Waals surface area contributed by atoms with Gasteiger partial charge in [-0.05, 0) is 55.9 Å². The molecule has 1 aromatic rings. The predicted molar refractivity (Wildman–Crippen MR) is 115 cm³/mol. The van der Waals surface area contributed by atoms with Crippen LogP contribution in [0.5, 0.6) is 5.75 Å². The van der Waals surface area contributed by atoms with Crippen molar-refractivity contribution in [1.82, 2.24) is 9.80 Å². The van der Waals surface area contributed by atoms with Crippen LogP contribution in [0.2, 0.25) is 0 Å². The summed E-state index contributed by atoms with van der Waals surface area (Å²) in [7, 11) is 0. The van der Waals surface area contributed by atoms with Crippen molar-refractivity contribution < 1.29 is 14.3 Å². The molecule has 160 valence electrons. The van der Waals surface area contributed by atoms with Gasteiger partial charge in [0, 0.05) is 43.1 Å². The SMILES string of the molecule is CC1CCN(C(=O)c2ccc(OC[C@H]3CCCN(C(=O)C(C)(C)C)C3)cc2)CC1. The molecule has 0 radical (unpaired) electrons. The Bertz CT molecular complexity index is 700. The zero-order valence-corrected chi connectivity index (χ0v) is 18.4. The lowest BCUT2D eigenvalue weighted by atomic mass is 9.91. The number of benzene rings is 1. The Morgan fingerprint density at radius 1 is 1.00 bits per heavy atom. The largest absolute Gasteiger partial charge is 0.493 e. The third-order valence-electron chi connectivity index (χ3n) is 6.11. The first-order valence-corrected chi connectivity index (χ1v) is 11.1. The summed E-state index contributed by atoms with van der Waals surface area (Å²) in [5.74, 6) is 2.19. The van der Waals surface area contributed by atoms with Crippen LogP contribution < -0.4 is 4.74 Å². The molecule has 0 aliphatic carbocycles. The first-order chi connectivity index (χ1) is 13.7. The number of nitrogens with zero attached hydrogens (tertiary/aromatic N) is 2. The van der Waals surface area contributed by atoms with Gasteiger partial charge in [-0.2, -0.15) is 0 Å². The van der Waals surface area contributed by atoms with Crippen LogP contribution in [0.4, 0.5) is 0 Å². The highest BCUT2D eigenvalue weighted by Gasteiger charge is 2.31. The van der Waals surface area contributed by atoms with Crippen LogP contribution in [-0.4, -0.2) is 54.4 Å². The number of carbonyl (C=O) groups is 2. The smallest absolute Gasteiger partial charge is 0.253 e. The molecule has 0 aromatic heterocycles. The molecule has 2 aliphatic rings. The molecule has 0 N–H and O–H groups in total. The Hall–Kier alpha value is -2.04. The summed E-state index contributed by atoms with van der Waals surface area (Å²) in [6, 6.07) is 7.51. The van der Waals surface area contributed by atoms with E-state index in [1.807, 2.05) is 54.8 Å². The fraction of sp³-hybridized carbons (Fsp3) is 0.667. The van der Waals surface area contributed by atoms with Crippen molar-refractivity contribution in [1.29, 1.82) is 0 Å². The molecule has 29 heavy (non-hydrogen) atoms. The van der Waals surface area contributed by atoms with Gasteiger partial charge in [-0.3, -0.25) is 9.59 Å². The Labute approximate surface area is 175 Å². The van der Waals surface area contributed by atoms with Gasteiger partial charge in [0.25, 0.3) is 5.91 Å². The van der Waals surface area contributed by atoms with E-state index in [1.165, 1.54) is 0 Å². The molecular weight excluding hydrogens is 364 g/mol. The highest BCUT2D eigenvalue weighted by Crippen LogP contribution is 2.25. The van der Waals surface area contributed by atoms with Gasteiger partial charge in [0.2, 0.25) is 5.91 Å². The third kappa shape index (κ3) is 5.74. The minimum Gasteiger partial charge on any atom is -0.493 e. The Kier molecular flexibility index (Phi) is 6.86. The highest BCUT2D eigenvalue weighted by atomic mass is 16.5. The summed E-state index contributed by atoms with van der Waals surface area (Å²) in [4.78, 5) is 29.1. The number of piperidine rings is 2. The summed E-state index contributed by atoms with van der Waals surface area (Å²) in [5, 5.41) is 0. The zero-order valence-electron chi connectivity index (χ0n) is 18.4. The molecule has 0 bridgehead atoms. The minimum absolute atomic E-state index is 0.118. The van der Waals surface area contributed by atoms with Gasteiger partial charge in [0.05, 0.1) is 6.61 Å². The standard InChI is InChI=1S/C24H36N2O3/c1-18-11-14-25(15-12-18)22(27)20-7-9-21(10-8-20)29-17-19-6-5-13-26(16-19)23(28)24(2,3)4/h7-10,18-19H,5-6,11-17H2,1-4H3/t19-/m0/s1. The van der Waals surface area contributed by atoms with Gasteiger partial charge >= 0.3 is 0 Å². The van der Waals surface area contributed by atoms with Crippen molar-refractivity contribution in [3.8, 4) is 5.75 Å². The normalized spacial score (nSPS) is 21.2. The number of likely N-dealkylation sites (tertiary alicyclic amines) is 2. The van der Waals surface area contributed by atoms with Gasteiger partial charge in [-0.25, -0.2) is 0 Å². The van der Waals surface area contributed by atoms with Crippen LogP contribution in [0.15, 0.2) is 24.3 Å². The van der Waals surface area contributed by atoms with Gasteiger partial charge in [0.15, 0.2) is 0 Å². The molecule has 1 atom stereocenters. The van der Waals surface area contributed by atoms with Gasteiger partial charge in [-0.1, -0.05) is 27.7 Å². The number of ether oxygens (including phenoxy) is 1. The van der Waals surface area contributed by atoms with E-state index in [0.29, 0.717) is 18.4 Å². The first kappa shape index (κ1) is 21.7. The van der Waals surface area contributed by atoms with E-state index in [2.05, 4.69) is 6.92 Å². The van der Waals surface area contributed by atoms with Crippen LogP contribution in [-0.2, 0) is 4.79 Å². The highest BCUT2D eigenvalue weighted by molar-refractivity contribution is 5.94. The van der Waals surface area contributed by atoms with Crippen molar-refractivity contribution in [3.05, 3.63) is 29.8 Å². The monoisotopic (exact) mass is 400 g/mol. The van der Waals surface area contributed by atoms with Gasteiger partial charge in [0.1, 0.15) is 5.75 Å². The molecule has 0 saturated carbocycles.